The number of carbonyl (C=O) groups is 3. The number of rotatable bonds is 5. The summed E-state index contributed by atoms with van der Waals surface area (Å²) in [5.74, 6) is -6.34. The van der Waals surface area contributed by atoms with Gasteiger partial charge in [0.2, 0.25) is 0 Å². The Morgan fingerprint density at radius 3 is 1.85 bits per heavy atom. The van der Waals surface area contributed by atoms with Crippen LogP contribution in [0.4, 0.5) is 0 Å². The standard InChI is InChI=1S/C6H8O7/c7-3(8)1-6(13,5(11)12)2-4(9)10/h13H,1-2H2,(H,7,8)(H,9,10)(H,11,12)/i1D2. The molecule has 0 aromatic heterocycles. The molecule has 0 saturated carbocycles. The van der Waals surface area contributed by atoms with Gasteiger partial charge in [0.25, 0.3) is 0 Å². The molecule has 0 fully saturated rings. The zero-order valence-corrected chi connectivity index (χ0v) is 6.22. The fraction of sp³-hybridized carbons (Fsp3) is 0.500. The summed E-state index contributed by atoms with van der Waals surface area (Å²) in [7, 11) is 0. The van der Waals surface area contributed by atoms with Crippen LogP contribution >= 0.6 is 0 Å². The Morgan fingerprint density at radius 2 is 1.62 bits per heavy atom. The molecular formula is C6H8O7. The van der Waals surface area contributed by atoms with Crippen LogP contribution in [0.1, 0.15) is 15.5 Å². The summed E-state index contributed by atoms with van der Waals surface area (Å²) in [4.78, 5) is 31.1. The molecule has 1 unspecified atom stereocenters. The van der Waals surface area contributed by atoms with E-state index in [1.165, 1.54) is 0 Å². The lowest BCUT2D eigenvalue weighted by Crippen LogP contribution is -2.42. The van der Waals surface area contributed by atoms with Crippen LogP contribution in [-0.4, -0.2) is 43.9 Å². The maximum atomic E-state index is 10.5. The highest BCUT2D eigenvalue weighted by Crippen LogP contribution is 2.15. The minimum atomic E-state index is -3.60. The lowest BCUT2D eigenvalue weighted by molar-refractivity contribution is -0.170. The molecular weight excluding hydrogens is 184 g/mol. The number of aliphatic hydroxyl groups is 1. The van der Waals surface area contributed by atoms with Crippen molar-refractivity contribution in [2.24, 2.45) is 0 Å². The molecule has 0 heterocycles. The van der Waals surface area contributed by atoms with Gasteiger partial charge in [-0.25, -0.2) is 4.79 Å². The molecule has 74 valence electrons. The molecule has 0 spiro atoms. The molecule has 0 amide bonds. The summed E-state index contributed by atoms with van der Waals surface area (Å²) >= 11 is 0. The van der Waals surface area contributed by atoms with Crippen molar-refractivity contribution >= 4 is 17.9 Å². The van der Waals surface area contributed by atoms with Gasteiger partial charge < -0.3 is 20.4 Å². The van der Waals surface area contributed by atoms with E-state index >= 15 is 0 Å². The SMILES string of the molecule is [2H]C([2H])(C(=O)O)C(O)(CC(=O)O)C(=O)O. The van der Waals surface area contributed by atoms with Gasteiger partial charge >= 0.3 is 17.9 Å². The molecule has 0 aliphatic heterocycles. The first-order chi connectivity index (χ1) is 6.55. The van der Waals surface area contributed by atoms with Crippen molar-refractivity contribution in [2.75, 3.05) is 0 Å². The van der Waals surface area contributed by atoms with Crippen LogP contribution in [0, 0.1) is 0 Å². The fourth-order valence-corrected chi connectivity index (χ4v) is 0.569. The van der Waals surface area contributed by atoms with E-state index in [9.17, 15) is 19.5 Å². The quantitative estimate of drug-likeness (QED) is 0.429. The lowest BCUT2D eigenvalue weighted by Gasteiger charge is -2.18. The van der Waals surface area contributed by atoms with Crippen molar-refractivity contribution in [2.45, 2.75) is 18.4 Å². The molecule has 1 atom stereocenters. The highest BCUT2D eigenvalue weighted by Gasteiger charge is 2.40. The zero-order chi connectivity index (χ0) is 12.4. The van der Waals surface area contributed by atoms with E-state index in [1.807, 2.05) is 0 Å². The van der Waals surface area contributed by atoms with E-state index in [0.717, 1.165) is 0 Å². The Bertz CT molecular complexity index is 313. The van der Waals surface area contributed by atoms with Crippen molar-refractivity contribution in [3.05, 3.63) is 0 Å². The van der Waals surface area contributed by atoms with Gasteiger partial charge in [-0.2, -0.15) is 0 Å². The van der Waals surface area contributed by atoms with Gasteiger partial charge in [-0.15, -0.1) is 0 Å². The Morgan fingerprint density at radius 1 is 1.15 bits per heavy atom. The maximum Gasteiger partial charge on any atom is 0.336 e. The third kappa shape index (κ3) is 3.52. The monoisotopic (exact) mass is 194 g/mol. The van der Waals surface area contributed by atoms with Crippen molar-refractivity contribution in [3.63, 3.8) is 0 Å². The predicted molar refractivity (Wildman–Crippen MR) is 37.1 cm³/mol. The van der Waals surface area contributed by atoms with E-state index in [2.05, 4.69) is 0 Å². The first kappa shape index (κ1) is 7.99. The van der Waals surface area contributed by atoms with E-state index in [-0.39, 0.29) is 0 Å². The van der Waals surface area contributed by atoms with Gasteiger partial charge in [-0.3, -0.25) is 9.59 Å². The smallest absolute Gasteiger partial charge is 0.336 e. The normalized spacial score (nSPS) is 17.9. The molecule has 13 heavy (non-hydrogen) atoms. The number of hydrogen-bond acceptors (Lipinski definition) is 4. The zero-order valence-electron chi connectivity index (χ0n) is 8.22. The van der Waals surface area contributed by atoms with Gasteiger partial charge in [0.15, 0.2) is 5.60 Å². The number of aliphatic carboxylic acids is 3. The van der Waals surface area contributed by atoms with Crippen LogP contribution in [0.5, 0.6) is 0 Å². The molecule has 0 rings (SSSR count). The van der Waals surface area contributed by atoms with Gasteiger partial charge in [-0.05, 0) is 0 Å². The second-order valence-corrected chi connectivity index (χ2v) is 2.17. The van der Waals surface area contributed by atoms with E-state index in [1.54, 1.807) is 0 Å². The van der Waals surface area contributed by atoms with Crippen molar-refractivity contribution in [1.82, 2.24) is 0 Å². The summed E-state index contributed by atoms with van der Waals surface area (Å²) in [5.41, 5.74) is -3.51. The van der Waals surface area contributed by atoms with Crippen LogP contribution in [0.3, 0.4) is 0 Å². The Hall–Kier alpha value is -1.63. The molecule has 7 heteroatoms. The highest BCUT2D eigenvalue weighted by molar-refractivity contribution is 5.88. The van der Waals surface area contributed by atoms with Crippen LogP contribution in [-0.2, 0) is 14.4 Å². The van der Waals surface area contributed by atoms with Gasteiger partial charge in [-0.1, -0.05) is 0 Å². The third-order valence-corrected chi connectivity index (χ3v) is 1.07. The predicted octanol–water partition coefficient (Wildman–Crippen LogP) is -1.25. The Kier molecular flexibility index (Phi) is 2.37. The van der Waals surface area contributed by atoms with Crippen molar-refractivity contribution < 1.29 is 37.6 Å². The highest BCUT2D eigenvalue weighted by atomic mass is 16.4. The average molecular weight is 194 g/mol. The molecule has 0 aromatic carbocycles. The molecule has 0 aliphatic carbocycles. The number of carboxylic acid groups (broad SMARTS) is 3. The fourth-order valence-electron chi connectivity index (χ4n) is 0.569. The second-order valence-electron chi connectivity index (χ2n) is 2.17. The van der Waals surface area contributed by atoms with Crippen molar-refractivity contribution in [1.29, 1.82) is 0 Å². The largest absolute Gasteiger partial charge is 0.481 e. The molecule has 4 N–H and O–H groups in total. The maximum absolute atomic E-state index is 10.5. The van der Waals surface area contributed by atoms with Crippen LogP contribution in [0.15, 0.2) is 0 Å². The van der Waals surface area contributed by atoms with Gasteiger partial charge in [0, 0.05) is 2.74 Å². The molecule has 7 nitrogen and oxygen atoms in total. The van der Waals surface area contributed by atoms with E-state index in [0.29, 0.717) is 0 Å². The van der Waals surface area contributed by atoms with E-state index in [4.69, 9.17) is 18.1 Å². The van der Waals surface area contributed by atoms with Crippen LogP contribution < -0.4 is 0 Å². The van der Waals surface area contributed by atoms with Crippen molar-refractivity contribution in [3.8, 4) is 0 Å². The summed E-state index contributed by atoms with van der Waals surface area (Å²) in [6, 6.07) is 0. The number of hydrogen-bond donors (Lipinski definition) is 4. The molecule has 0 radical (unpaired) electrons. The number of carboxylic acids is 3. The Balaban J connectivity index is 5.38. The molecule has 0 aliphatic rings. The van der Waals surface area contributed by atoms with Crippen LogP contribution in [0.2, 0.25) is 0 Å². The minimum Gasteiger partial charge on any atom is -0.481 e. The Labute approximate surface area is 75.0 Å². The summed E-state index contributed by atoms with van der Waals surface area (Å²) < 4.78 is 13.7. The molecule has 0 aromatic rings. The van der Waals surface area contributed by atoms with Gasteiger partial charge in [0.1, 0.15) is 0 Å². The summed E-state index contributed by atoms with van der Waals surface area (Å²) in [5, 5.41) is 34.3. The van der Waals surface area contributed by atoms with Gasteiger partial charge in [0.05, 0.1) is 12.8 Å². The summed E-state index contributed by atoms with van der Waals surface area (Å²) in [6.07, 6.45) is -5.15. The average Bonchev–Trinajstić information content (AvgIpc) is 2.01. The minimum absolute atomic E-state index is 1.55. The van der Waals surface area contributed by atoms with E-state index < -0.39 is 36.3 Å². The third-order valence-electron chi connectivity index (χ3n) is 1.07. The molecule has 0 saturated heterocycles. The molecule has 0 bridgehead atoms. The first-order valence-electron chi connectivity index (χ1n) is 3.96. The topological polar surface area (TPSA) is 132 Å². The lowest BCUT2D eigenvalue weighted by atomic mass is 9.96. The second kappa shape index (κ2) is 3.85. The summed E-state index contributed by atoms with van der Waals surface area (Å²) in [6.45, 7) is 0. The van der Waals surface area contributed by atoms with Crippen LogP contribution in [0.25, 0.3) is 0 Å². The first-order valence-corrected chi connectivity index (χ1v) is 2.96.